The van der Waals surface area contributed by atoms with E-state index in [0.29, 0.717) is 42.1 Å². The van der Waals surface area contributed by atoms with Gasteiger partial charge in [0.1, 0.15) is 6.07 Å². The lowest BCUT2D eigenvalue weighted by atomic mass is 10.1. The van der Waals surface area contributed by atoms with Gasteiger partial charge in [0, 0.05) is 28.5 Å². The lowest BCUT2D eigenvalue weighted by molar-refractivity contribution is -0.117. The van der Waals surface area contributed by atoms with Gasteiger partial charge in [0.2, 0.25) is 15.9 Å². The lowest BCUT2D eigenvalue weighted by Crippen LogP contribution is -2.19. The molecule has 0 saturated heterocycles. The second-order valence-electron chi connectivity index (χ2n) is 7.91. The van der Waals surface area contributed by atoms with E-state index in [4.69, 9.17) is 5.26 Å². The van der Waals surface area contributed by atoms with E-state index in [-0.39, 0.29) is 17.1 Å². The molecule has 2 heterocycles. The Hall–Kier alpha value is -3.29. The van der Waals surface area contributed by atoms with Gasteiger partial charge in [0.25, 0.3) is 0 Å². The van der Waals surface area contributed by atoms with Crippen molar-refractivity contribution in [1.29, 1.82) is 5.26 Å². The van der Waals surface area contributed by atoms with Gasteiger partial charge >= 0.3 is 0 Å². The van der Waals surface area contributed by atoms with E-state index >= 15 is 0 Å². The Labute approximate surface area is 189 Å². The Bertz CT molecular complexity index is 1340. The number of sulfonamides is 1. The van der Waals surface area contributed by atoms with Crippen molar-refractivity contribution in [2.75, 3.05) is 10.0 Å². The highest BCUT2D eigenvalue weighted by molar-refractivity contribution is 7.93. The molecule has 1 amide bonds. The fraction of sp³-hybridized carbons (Fsp3) is 0.273. The van der Waals surface area contributed by atoms with Crippen LogP contribution in [-0.4, -0.2) is 29.5 Å². The molecule has 10 heteroatoms. The third kappa shape index (κ3) is 4.09. The molecule has 2 aliphatic carbocycles. The van der Waals surface area contributed by atoms with Crippen LogP contribution in [0.2, 0.25) is 0 Å². The molecule has 1 saturated carbocycles. The number of nitrogens with zero attached hydrogens (tertiary/aromatic N) is 3. The predicted octanol–water partition coefficient (Wildman–Crippen LogP) is 3.65. The number of nitrogens with one attached hydrogen (secondary N) is 2. The Morgan fingerprint density at radius 1 is 1.12 bits per heavy atom. The van der Waals surface area contributed by atoms with E-state index in [1.54, 1.807) is 12.3 Å². The first-order valence-corrected chi connectivity index (χ1v) is 12.6. The van der Waals surface area contributed by atoms with Crippen LogP contribution >= 0.6 is 11.3 Å². The van der Waals surface area contributed by atoms with Gasteiger partial charge in [0.15, 0.2) is 5.13 Å². The summed E-state index contributed by atoms with van der Waals surface area (Å²) >= 11 is 1.25. The molecular formula is C22H19N5O3S2. The normalized spacial score (nSPS) is 17.4. The van der Waals surface area contributed by atoms with Gasteiger partial charge in [0.05, 0.1) is 22.4 Å². The average molecular weight is 466 g/mol. The number of carbonyl (C=O) groups is 1. The lowest BCUT2D eigenvalue weighted by Gasteiger charge is -2.11. The number of thiazole rings is 1. The monoisotopic (exact) mass is 465 g/mol. The molecular weight excluding hydrogens is 446 g/mol. The van der Waals surface area contributed by atoms with Crippen LogP contribution in [0.3, 0.4) is 0 Å². The second kappa shape index (κ2) is 8.00. The standard InChI is InChI=1S/C22H19N5O3S2/c23-10-13-9-15(12-24-11-13)14-1-3-16(4-2-14)25-21(28)18-7-8-19-20(18)31-22(26-19)27-32(29,30)17-5-6-17/h1-4,9,11-12,17-18H,5-8H2,(H,25,28)(H,26,27). The number of aromatic nitrogens is 2. The van der Waals surface area contributed by atoms with Gasteiger partial charge in [-0.25, -0.2) is 13.4 Å². The summed E-state index contributed by atoms with van der Waals surface area (Å²) in [5, 5.41) is 12.0. The summed E-state index contributed by atoms with van der Waals surface area (Å²) in [6, 6.07) is 11.2. The van der Waals surface area contributed by atoms with Gasteiger partial charge in [-0.05, 0) is 49.4 Å². The van der Waals surface area contributed by atoms with Gasteiger partial charge in [-0.3, -0.25) is 14.5 Å². The molecule has 2 aromatic heterocycles. The zero-order valence-electron chi connectivity index (χ0n) is 16.9. The molecule has 0 spiro atoms. The summed E-state index contributed by atoms with van der Waals surface area (Å²) in [7, 11) is -3.37. The molecule has 1 fully saturated rings. The van der Waals surface area contributed by atoms with Crippen molar-refractivity contribution in [2.24, 2.45) is 0 Å². The molecule has 1 atom stereocenters. The molecule has 0 radical (unpaired) electrons. The molecule has 5 rings (SSSR count). The van der Waals surface area contributed by atoms with Crippen LogP contribution in [-0.2, 0) is 21.2 Å². The van der Waals surface area contributed by atoms with Crippen molar-refractivity contribution < 1.29 is 13.2 Å². The second-order valence-corrected chi connectivity index (χ2v) is 10.9. The molecule has 0 aliphatic heterocycles. The van der Waals surface area contributed by atoms with Gasteiger partial charge < -0.3 is 5.32 Å². The molecule has 1 aromatic carbocycles. The first-order chi connectivity index (χ1) is 15.4. The number of carbonyl (C=O) groups excluding carboxylic acids is 1. The number of hydrogen-bond donors (Lipinski definition) is 2. The first-order valence-electron chi connectivity index (χ1n) is 10.2. The van der Waals surface area contributed by atoms with Crippen LogP contribution < -0.4 is 10.0 Å². The molecule has 0 bridgehead atoms. The molecule has 1 unspecified atom stereocenters. The summed E-state index contributed by atoms with van der Waals surface area (Å²) in [4.78, 5) is 22.2. The maximum atomic E-state index is 12.9. The number of pyridine rings is 1. The van der Waals surface area contributed by atoms with E-state index in [2.05, 4.69) is 26.1 Å². The van der Waals surface area contributed by atoms with E-state index in [1.807, 2.05) is 24.3 Å². The fourth-order valence-corrected chi connectivity index (χ4v) is 6.46. The minimum atomic E-state index is -3.37. The third-order valence-corrected chi connectivity index (χ3v) is 8.66. The van der Waals surface area contributed by atoms with Crippen LogP contribution in [0.4, 0.5) is 10.8 Å². The number of anilines is 2. The number of nitriles is 1. The number of rotatable bonds is 6. The van der Waals surface area contributed by atoms with Crippen LogP contribution in [0.5, 0.6) is 0 Å². The molecule has 3 aromatic rings. The van der Waals surface area contributed by atoms with Gasteiger partial charge in [-0.15, -0.1) is 11.3 Å². The van der Waals surface area contributed by atoms with E-state index in [9.17, 15) is 13.2 Å². The number of aryl methyl sites for hydroxylation is 1. The quantitative estimate of drug-likeness (QED) is 0.572. The fourth-order valence-electron chi connectivity index (χ4n) is 3.74. The van der Waals surface area contributed by atoms with Crippen LogP contribution in [0.25, 0.3) is 11.1 Å². The molecule has 8 nitrogen and oxygen atoms in total. The van der Waals surface area contributed by atoms with Crippen molar-refractivity contribution >= 4 is 38.1 Å². The maximum Gasteiger partial charge on any atom is 0.237 e. The molecule has 2 N–H and O–H groups in total. The summed E-state index contributed by atoms with van der Waals surface area (Å²) < 4.78 is 26.9. The molecule has 32 heavy (non-hydrogen) atoms. The van der Waals surface area contributed by atoms with E-state index in [0.717, 1.165) is 21.7 Å². The van der Waals surface area contributed by atoms with E-state index in [1.165, 1.54) is 17.5 Å². The number of amides is 1. The molecule has 162 valence electrons. The Kier molecular flexibility index (Phi) is 5.15. The van der Waals surface area contributed by atoms with Crippen molar-refractivity contribution in [2.45, 2.75) is 36.9 Å². The highest BCUT2D eigenvalue weighted by atomic mass is 32.2. The largest absolute Gasteiger partial charge is 0.326 e. The summed E-state index contributed by atoms with van der Waals surface area (Å²) in [6.07, 6.45) is 5.87. The number of hydrogen-bond acceptors (Lipinski definition) is 7. The molecule has 2 aliphatic rings. The number of benzene rings is 1. The van der Waals surface area contributed by atoms with Gasteiger partial charge in [-0.2, -0.15) is 5.26 Å². The van der Waals surface area contributed by atoms with Crippen LogP contribution in [0.1, 0.15) is 41.3 Å². The zero-order chi connectivity index (χ0) is 22.3. The maximum absolute atomic E-state index is 12.9. The van der Waals surface area contributed by atoms with Crippen molar-refractivity contribution in [3.63, 3.8) is 0 Å². The smallest absolute Gasteiger partial charge is 0.237 e. The Morgan fingerprint density at radius 3 is 2.62 bits per heavy atom. The van der Waals surface area contributed by atoms with E-state index < -0.39 is 10.0 Å². The summed E-state index contributed by atoms with van der Waals surface area (Å²) in [5.41, 5.74) is 3.67. The Morgan fingerprint density at radius 2 is 1.91 bits per heavy atom. The predicted molar refractivity (Wildman–Crippen MR) is 122 cm³/mol. The minimum absolute atomic E-state index is 0.134. The van der Waals surface area contributed by atoms with Crippen molar-refractivity contribution in [3.8, 4) is 17.2 Å². The van der Waals surface area contributed by atoms with Crippen molar-refractivity contribution in [3.05, 3.63) is 58.9 Å². The van der Waals surface area contributed by atoms with Crippen LogP contribution in [0.15, 0.2) is 42.7 Å². The highest BCUT2D eigenvalue weighted by Crippen LogP contribution is 2.41. The first kappa shape index (κ1) is 20.6. The minimum Gasteiger partial charge on any atom is -0.326 e. The average Bonchev–Trinajstić information content (AvgIpc) is 3.49. The highest BCUT2D eigenvalue weighted by Gasteiger charge is 2.38. The Balaban J connectivity index is 1.28. The summed E-state index contributed by atoms with van der Waals surface area (Å²) in [5.74, 6) is -0.484. The number of fused-ring (bicyclic) bond motifs is 1. The summed E-state index contributed by atoms with van der Waals surface area (Å²) in [6.45, 7) is 0. The van der Waals surface area contributed by atoms with Crippen molar-refractivity contribution in [1.82, 2.24) is 9.97 Å². The van der Waals surface area contributed by atoms with Gasteiger partial charge in [-0.1, -0.05) is 12.1 Å². The zero-order valence-corrected chi connectivity index (χ0v) is 18.5. The third-order valence-electron chi connectivity index (χ3n) is 5.58. The SMILES string of the molecule is N#Cc1cncc(-c2ccc(NC(=O)C3CCc4nc(NS(=O)(=O)C5CC5)sc43)cc2)c1. The topological polar surface area (TPSA) is 125 Å². The van der Waals surface area contributed by atoms with Crippen LogP contribution in [0, 0.1) is 11.3 Å².